The van der Waals surface area contributed by atoms with E-state index in [-0.39, 0.29) is 11.8 Å². The zero-order chi connectivity index (χ0) is 16.6. The number of hydrogen-bond acceptors (Lipinski definition) is 4. The largest absolute Gasteiger partial charge is 0.466 e. The second-order valence-electron chi connectivity index (χ2n) is 6.68. The molecule has 0 aliphatic carbocycles. The molecule has 2 aliphatic rings. The highest BCUT2D eigenvalue weighted by Gasteiger charge is 2.46. The van der Waals surface area contributed by atoms with Crippen LogP contribution in [0.3, 0.4) is 0 Å². The Bertz CT molecular complexity index is 615. The predicted octanol–water partition coefficient (Wildman–Crippen LogP) is 1.32. The molecule has 0 aromatic carbocycles. The number of amides is 2. The first-order valence-corrected chi connectivity index (χ1v) is 8.30. The fourth-order valence-corrected chi connectivity index (χ4v) is 3.77. The van der Waals surface area contributed by atoms with E-state index in [1.54, 1.807) is 6.07 Å². The van der Waals surface area contributed by atoms with E-state index in [0.717, 1.165) is 25.3 Å². The van der Waals surface area contributed by atoms with Crippen molar-refractivity contribution < 1.29 is 14.0 Å². The van der Waals surface area contributed by atoms with Gasteiger partial charge in [0.05, 0.1) is 5.56 Å². The number of rotatable bonds is 1. The zero-order valence-electron chi connectivity index (χ0n) is 14.1. The summed E-state index contributed by atoms with van der Waals surface area (Å²) in [6, 6.07) is 1.80. The minimum Gasteiger partial charge on any atom is -0.466 e. The molecule has 0 unspecified atom stereocenters. The van der Waals surface area contributed by atoms with Crippen LogP contribution in [0.15, 0.2) is 10.5 Å². The van der Waals surface area contributed by atoms with E-state index in [1.807, 2.05) is 25.8 Å². The summed E-state index contributed by atoms with van der Waals surface area (Å²) < 4.78 is 5.47. The summed E-state index contributed by atoms with van der Waals surface area (Å²) in [4.78, 5) is 29.2. The maximum Gasteiger partial charge on any atom is 0.257 e. The number of nitrogens with one attached hydrogen (secondary N) is 1. The van der Waals surface area contributed by atoms with Crippen LogP contribution < -0.4 is 5.32 Å². The minimum absolute atomic E-state index is 0.00545. The van der Waals surface area contributed by atoms with Gasteiger partial charge in [-0.2, -0.15) is 0 Å². The molecule has 0 atom stereocenters. The lowest BCUT2D eigenvalue weighted by molar-refractivity contribution is -0.134. The Hall–Kier alpha value is -1.82. The summed E-state index contributed by atoms with van der Waals surface area (Å²) in [5.74, 6) is 1.53. The SMILES string of the molecule is Cc1cc(C(=O)N2CCC3(CC2)C(=O)NCCCN3C)c(C)o1. The van der Waals surface area contributed by atoms with Crippen molar-refractivity contribution in [2.24, 2.45) is 0 Å². The number of carbonyl (C=O) groups excluding carboxylic acids is 2. The van der Waals surface area contributed by atoms with E-state index in [9.17, 15) is 9.59 Å². The first-order chi connectivity index (χ1) is 10.9. The number of hydrogen-bond donors (Lipinski definition) is 1. The molecule has 2 aliphatic heterocycles. The maximum atomic E-state index is 12.7. The average molecular weight is 319 g/mol. The third-order valence-electron chi connectivity index (χ3n) is 5.26. The summed E-state index contributed by atoms with van der Waals surface area (Å²) >= 11 is 0. The van der Waals surface area contributed by atoms with Crippen molar-refractivity contribution in [3.8, 4) is 0 Å². The molecule has 0 radical (unpaired) electrons. The van der Waals surface area contributed by atoms with Gasteiger partial charge in [-0.3, -0.25) is 14.5 Å². The summed E-state index contributed by atoms with van der Waals surface area (Å²) in [7, 11) is 2.02. The molecule has 2 amide bonds. The standard InChI is InChI=1S/C17H25N3O3/c1-12-11-14(13(2)23-12)15(21)20-9-5-17(6-10-20)16(22)18-7-4-8-19(17)3/h11H,4-10H2,1-3H3,(H,18,22). The number of piperidine rings is 1. The van der Waals surface area contributed by atoms with Crippen LogP contribution in [-0.2, 0) is 4.79 Å². The molecule has 0 bridgehead atoms. The lowest BCUT2D eigenvalue weighted by Crippen LogP contribution is -2.61. The molecule has 1 spiro atoms. The molecular formula is C17H25N3O3. The minimum atomic E-state index is -0.464. The molecule has 3 rings (SSSR count). The van der Waals surface area contributed by atoms with Crippen LogP contribution in [0.25, 0.3) is 0 Å². The predicted molar refractivity (Wildman–Crippen MR) is 86.3 cm³/mol. The van der Waals surface area contributed by atoms with Crippen molar-refractivity contribution in [2.45, 2.75) is 38.6 Å². The highest BCUT2D eigenvalue weighted by Crippen LogP contribution is 2.31. The van der Waals surface area contributed by atoms with Crippen LogP contribution in [0.5, 0.6) is 0 Å². The van der Waals surface area contributed by atoms with Crippen LogP contribution in [0, 0.1) is 13.8 Å². The molecular weight excluding hydrogens is 294 g/mol. The molecule has 6 nitrogen and oxygen atoms in total. The van der Waals surface area contributed by atoms with Crippen molar-refractivity contribution in [2.75, 3.05) is 33.2 Å². The van der Waals surface area contributed by atoms with E-state index in [2.05, 4.69) is 10.2 Å². The van der Waals surface area contributed by atoms with E-state index >= 15 is 0 Å². The Kier molecular flexibility index (Phi) is 4.19. The van der Waals surface area contributed by atoms with Crippen molar-refractivity contribution >= 4 is 11.8 Å². The van der Waals surface area contributed by atoms with Crippen LogP contribution in [0.2, 0.25) is 0 Å². The number of likely N-dealkylation sites (tertiary alicyclic amines) is 1. The summed E-state index contributed by atoms with van der Waals surface area (Å²) in [5, 5.41) is 3.02. The van der Waals surface area contributed by atoms with Gasteiger partial charge in [-0.05, 0) is 46.2 Å². The number of likely N-dealkylation sites (N-methyl/N-ethyl adjacent to an activating group) is 1. The van der Waals surface area contributed by atoms with Gasteiger partial charge in [-0.1, -0.05) is 0 Å². The van der Waals surface area contributed by atoms with Crippen molar-refractivity contribution in [3.63, 3.8) is 0 Å². The first kappa shape index (κ1) is 16.1. The van der Waals surface area contributed by atoms with Gasteiger partial charge in [0.15, 0.2) is 0 Å². The smallest absolute Gasteiger partial charge is 0.257 e. The van der Waals surface area contributed by atoms with E-state index in [4.69, 9.17) is 4.42 Å². The Morgan fingerprint density at radius 3 is 2.57 bits per heavy atom. The van der Waals surface area contributed by atoms with Gasteiger partial charge >= 0.3 is 0 Å². The van der Waals surface area contributed by atoms with Crippen LogP contribution in [-0.4, -0.2) is 60.4 Å². The quantitative estimate of drug-likeness (QED) is 0.848. The number of nitrogens with zero attached hydrogens (tertiary/aromatic N) is 2. The van der Waals surface area contributed by atoms with Crippen molar-refractivity contribution in [3.05, 3.63) is 23.2 Å². The summed E-state index contributed by atoms with van der Waals surface area (Å²) in [6.07, 6.45) is 2.33. The van der Waals surface area contributed by atoms with Gasteiger partial charge < -0.3 is 14.6 Å². The van der Waals surface area contributed by atoms with Gasteiger partial charge in [0.1, 0.15) is 17.1 Å². The lowest BCUT2D eigenvalue weighted by Gasteiger charge is -2.44. The topological polar surface area (TPSA) is 65.8 Å². The molecule has 1 aromatic heterocycles. The Balaban J connectivity index is 1.73. The second kappa shape index (κ2) is 6.00. The second-order valence-corrected chi connectivity index (χ2v) is 6.68. The number of carbonyl (C=O) groups is 2. The summed E-state index contributed by atoms with van der Waals surface area (Å²) in [5.41, 5.74) is 0.173. The van der Waals surface area contributed by atoms with E-state index in [0.29, 0.717) is 37.3 Å². The number of aryl methyl sites for hydroxylation is 2. The van der Waals surface area contributed by atoms with Gasteiger partial charge in [0.2, 0.25) is 5.91 Å². The third kappa shape index (κ3) is 2.76. The van der Waals surface area contributed by atoms with Gasteiger partial charge in [-0.25, -0.2) is 0 Å². The van der Waals surface area contributed by atoms with E-state index in [1.165, 1.54) is 0 Å². The first-order valence-electron chi connectivity index (χ1n) is 8.30. The Labute approximate surface area is 136 Å². The fourth-order valence-electron chi connectivity index (χ4n) is 3.77. The zero-order valence-corrected chi connectivity index (χ0v) is 14.1. The van der Waals surface area contributed by atoms with Gasteiger partial charge in [-0.15, -0.1) is 0 Å². The molecule has 2 fully saturated rings. The van der Waals surface area contributed by atoms with Crippen molar-refractivity contribution in [1.29, 1.82) is 0 Å². The molecule has 2 saturated heterocycles. The highest BCUT2D eigenvalue weighted by molar-refractivity contribution is 5.95. The van der Waals surface area contributed by atoms with Crippen LogP contribution >= 0.6 is 0 Å². The monoisotopic (exact) mass is 319 g/mol. The van der Waals surface area contributed by atoms with E-state index < -0.39 is 5.54 Å². The molecule has 6 heteroatoms. The Morgan fingerprint density at radius 1 is 1.26 bits per heavy atom. The molecule has 3 heterocycles. The molecule has 126 valence electrons. The molecule has 1 N–H and O–H groups in total. The normalized spacial score (nSPS) is 22.0. The maximum absolute atomic E-state index is 12.7. The molecule has 23 heavy (non-hydrogen) atoms. The fraction of sp³-hybridized carbons (Fsp3) is 0.647. The summed E-state index contributed by atoms with van der Waals surface area (Å²) in [6.45, 7) is 6.51. The Morgan fingerprint density at radius 2 is 1.96 bits per heavy atom. The number of furan rings is 1. The molecule has 1 aromatic rings. The average Bonchev–Trinajstić information content (AvgIpc) is 2.82. The highest BCUT2D eigenvalue weighted by atomic mass is 16.3. The van der Waals surface area contributed by atoms with Gasteiger partial charge in [0.25, 0.3) is 5.91 Å². The molecule has 0 saturated carbocycles. The lowest BCUT2D eigenvalue weighted by atomic mass is 9.85. The van der Waals surface area contributed by atoms with Crippen molar-refractivity contribution in [1.82, 2.24) is 15.1 Å². The third-order valence-corrected chi connectivity index (χ3v) is 5.26. The van der Waals surface area contributed by atoms with Crippen LogP contribution in [0.1, 0.15) is 41.1 Å². The van der Waals surface area contributed by atoms with Gasteiger partial charge in [0, 0.05) is 26.2 Å². The van der Waals surface area contributed by atoms with Crippen LogP contribution in [0.4, 0.5) is 0 Å².